The van der Waals surface area contributed by atoms with E-state index in [1.807, 2.05) is 13.8 Å². The minimum atomic E-state index is -0.948. The van der Waals surface area contributed by atoms with Gasteiger partial charge >= 0.3 is 5.97 Å². The first-order valence-corrected chi connectivity index (χ1v) is 9.17. The van der Waals surface area contributed by atoms with Gasteiger partial charge in [0.2, 0.25) is 5.91 Å². The summed E-state index contributed by atoms with van der Waals surface area (Å²) < 4.78 is 5.47. The molecule has 2 amide bonds. The molecule has 0 saturated carbocycles. The fourth-order valence-corrected chi connectivity index (χ4v) is 2.85. The molecule has 0 saturated heterocycles. The van der Waals surface area contributed by atoms with Crippen molar-refractivity contribution in [2.24, 2.45) is 5.41 Å². The van der Waals surface area contributed by atoms with E-state index in [1.165, 1.54) is 6.07 Å². The SMILES string of the molecule is CCN(CC)C(=O)COc1ccc(NC(=O)CC(C)(C)CC(=O)O)cc1Cl. The lowest BCUT2D eigenvalue weighted by Crippen LogP contribution is -2.34. The van der Waals surface area contributed by atoms with Gasteiger partial charge < -0.3 is 20.1 Å². The predicted molar refractivity (Wildman–Crippen MR) is 104 cm³/mol. The van der Waals surface area contributed by atoms with Gasteiger partial charge in [0.05, 0.1) is 11.4 Å². The average Bonchev–Trinajstić information content (AvgIpc) is 2.53. The molecular formula is C19H27ClN2O5. The Kier molecular flexibility index (Phi) is 8.56. The highest BCUT2D eigenvalue weighted by atomic mass is 35.5. The second kappa shape index (κ2) is 10.2. The summed E-state index contributed by atoms with van der Waals surface area (Å²) in [7, 11) is 0. The summed E-state index contributed by atoms with van der Waals surface area (Å²) in [5.74, 6) is -1.03. The summed E-state index contributed by atoms with van der Waals surface area (Å²) in [6.07, 6.45) is -0.0396. The van der Waals surface area contributed by atoms with Gasteiger partial charge in [0, 0.05) is 25.2 Å². The summed E-state index contributed by atoms with van der Waals surface area (Å²) in [5, 5.41) is 11.8. The van der Waals surface area contributed by atoms with Gasteiger partial charge in [0.1, 0.15) is 5.75 Å². The van der Waals surface area contributed by atoms with Crippen molar-refractivity contribution in [3.63, 3.8) is 0 Å². The zero-order chi connectivity index (χ0) is 20.6. The number of carbonyl (C=O) groups excluding carboxylic acids is 2. The molecule has 1 rings (SSSR count). The molecule has 7 nitrogen and oxygen atoms in total. The maximum absolute atomic E-state index is 12.1. The normalized spacial score (nSPS) is 11.0. The van der Waals surface area contributed by atoms with Crippen LogP contribution in [0.4, 0.5) is 5.69 Å². The minimum absolute atomic E-state index is 0.0630. The lowest BCUT2D eigenvalue weighted by Gasteiger charge is -2.21. The molecule has 0 bridgehead atoms. The molecule has 0 aliphatic heterocycles. The maximum atomic E-state index is 12.1. The van der Waals surface area contributed by atoms with Crippen molar-refractivity contribution in [3.8, 4) is 5.75 Å². The van der Waals surface area contributed by atoms with Crippen molar-refractivity contribution in [2.75, 3.05) is 25.0 Å². The van der Waals surface area contributed by atoms with Crippen molar-refractivity contribution in [3.05, 3.63) is 23.2 Å². The Hall–Kier alpha value is -2.28. The van der Waals surface area contributed by atoms with Crippen LogP contribution in [0.3, 0.4) is 0 Å². The highest BCUT2D eigenvalue weighted by Crippen LogP contribution is 2.29. The number of rotatable bonds is 10. The van der Waals surface area contributed by atoms with Crippen LogP contribution in [0.15, 0.2) is 18.2 Å². The van der Waals surface area contributed by atoms with E-state index >= 15 is 0 Å². The van der Waals surface area contributed by atoms with Gasteiger partial charge in [-0.15, -0.1) is 0 Å². The number of benzene rings is 1. The molecule has 0 aromatic heterocycles. The number of aliphatic carboxylic acids is 1. The minimum Gasteiger partial charge on any atom is -0.482 e. The number of ether oxygens (including phenoxy) is 1. The molecular weight excluding hydrogens is 372 g/mol. The summed E-state index contributed by atoms with van der Waals surface area (Å²) in [4.78, 5) is 36.6. The fraction of sp³-hybridized carbons (Fsp3) is 0.526. The molecule has 0 radical (unpaired) electrons. The van der Waals surface area contributed by atoms with Crippen LogP contribution in [-0.4, -0.2) is 47.5 Å². The Morgan fingerprint density at radius 3 is 2.33 bits per heavy atom. The molecule has 150 valence electrons. The Labute approximate surface area is 164 Å². The molecule has 0 spiro atoms. The number of carboxylic acid groups (broad SMARTS) is 1. The summed E-state index contributed by atoms with van der Waals surface area (Å²) in [6.45, 7) is 8.32. The van der Waals surface area contributed by atoms with Crippen LogP contribution in [0.25, 0.3) is 0 Å². The van der Waals surface area contributed by atoms with Gasteiger partial charge in [-0.2, -0.15) is 0 Å². The lowest BCUT2D eigenvalue weighted by atomic mass is 9.85. The van der Waals surface area contributed by atoms with Crippen LogP contribution < -0.4 is 10.1 Å². The summed E-state index contributed by atoms with van der Waals surface area (Å²) >= 11 is 6.17. The van der Waals surface area contributed by atoms with Crippen LogP contribution in [0.5, 0.6) is 5.75 Å². The Bertz CT molecular complexity index is 687. The van der Waals surface area contributed by atoms with Gasteiger partial charge in [-0.25, -0.2) is 0 Å². The van der Waals surface area contributed by atoms with Gasteiger partial charge in [0.15, 0.2) is 6.61 Å². The Morgan fingerprint density at radius 2 is 1.81 bits per heavy atom. The number of carbonyl (C=O) groups is 3. The summed E-state index contributed by atoms with van der Waals surface area (Å²) in [5.41, 5.74) is -0.188. The molecule has 0 aliphatic rings. The van der Waals surface area contributed by atoms with Crippen molar-refractivity contribution < 1.29 is 24.2 Å². The number of amides is 2. The maximum Gasteiger partial charge on any atom is 0.303 e. The molecule has 0 atom stereocenters. The molecule has 0 unspecified atom stereocenters. The van der Waals surface area contributed by atoms with Gasteiger partial charge in [0.25, 0.3) is 5.91 Å². The van der Waals surface area contributed by atoms with E-state index in [9.17, 15) is 14.4 Å². The Morgan fingerprint density at radius 1 is 1.19 bits per heavy atom. The van der Waals surface area contributed by atoms with Crippen molar-refractivity contribution >= 4 is 35.1 Å². The standard InChI is InChI=1S/C19H27ClN2O5/c1-5-22(6-2)17(24)12-27-15-8-7-13(9-14(15)20)21-16(23)10-19(3,4)11-18(25)26/h7-9H,5-6,10-12H2,1-4H3,(H,21,23)(H,25,26). The molecule has 1 aromatic rings. The second-order valence-corrected chi connectivity index (χ2v) is 7.37. The van der Waals surface area contributed by atoms with Gasteiger partial charge in [-0.05, 0) is 37.5 Å². The fourth-order valence-electron chi connectivity index (χ4n) is 2.61. The van der Waals surface area contributed by atoms with Crippen molar-refractivity contribution in [2.45, 2.75) is 40.5 Å². The molecule has 0 heterocycles. The first kappa shape index (κ1) is 22.8. The number of anilines is 1. The zero-order valence-electron chi connectivity index (χ0n) is 16.2. The zero-order valence-corrected chi connectivity index (χ0v) is 16.9. The van der Waals surface area contributed by atoms with Crippen LogP contribution in [0.1, 0.15) is 40.5 Å². The lowest BCUT2D eigenvalue weighted by molar-refractivity contribution is -0.139. The molecule has 1 aromatic carbocycles. The molecule has 27 heavy (non-hydrogen) atoms. The molecule has 8 heteroatoms. The van der Waals surface area contributed by atoms with Crippen LogP contribution in [0.2, 0.25) is 5.02 Å². The third-order valence-corrected chi connectivity index (χ3v) is 4.25. The third-order valence-electron chi connectivity index (χ3n) is 3.95. The average molecular weight is 399 g/mol. The Balaban J connectivity index is 2.66. The highest BCUT2D eigenvalue weighted by molar-refractivity contribution is 6.32. The largest absolute Gasteiger partial charge is 0.482 e. The number of likely N-dealkylation sites (N-methyl/N-ethyl adjacent to an activating group) is 1. The first-order valence-electron chi connectivity index (χ1n) is 8.79. The van der Waals surface area contributed by atoms with Crippen molar-refractivity contribution in [1.82, 2.24) is 4.90 Å². The van der Waals surface area contributed by atoms with E-state index in [-0.39, 0.29) is 36.3 Å². The van der Waals surface area contributed by atoms with E-state index < -0.39 is 11.4 Å². The van der Waals surface area contributed by atoms with Gasteiger partial charge in [-0.3, -0.25) is 14.4 Å². The summed E-state index contributed by atoms with van der Waals surface area (Å²) in [6, 6.07) is 4.72. The van der Waals surface area contributed by atoms with Crippen molar-refractivity contribution in [1.29, 1.82) is 0 Å². The number of hydrogen-bond acceptors (Lipinski definition) is 4. The monoisotopic (exact) mass is 398 g/mol. The number of hydrogen-bond donors (Lipinski definition) is 2. The van der Waals surface area contributed by atoms with Crippen LogP contribution in [-0.2, 0) is 14.4 Å². The topological polar surface area (TPSA) is 95.9 Å². The van der Waals surface area contributed by atoms with E-state index in [0.717, 1.165) is 0 Å². The molecule has 2 N–H and O–H groups in total. The predicted octanol–water partition coefficient (Wildman–Crippen LogP) is 3.42. The third kappa shape index (κ3) is 7.86. The van der Waals surface area contributed by atoms with Gasteiger partial charge in [-0.1, -0.05) is 25.4 Å². The number of nitrogens with one attached hydrogen (secondary N) is 1. The van der Waals surface area contributed by atoms with Crippen LogP contribution in [0, 0.1) is 5.41 Å². The second-order valence-electron chi connectivity index (χ2n) is 6.96. The highest BCUT2D eigenvalue weighted by Gasteiger charge is 2.25. The van der Waals surface area contributed by atoms with E-state index in [2.05, 4.69) is 5.32 Å². The number of halogens is 1. The van der Waals surface area contributed by atoms with Crippen LogP contribution >= 0.6 is 11.6 Å². The molecule has 0 aliphatic carbocycles. The number of carboxylic acids is 1. The smallest absolute Gasteiger partial charge is 0.303 e. The first-order chi connectivity index (χ1) is 12.6. The van der Waals surface area contributed by atoms with E-state index in [1.54, 1.807) is 30.9 Å². The number of nitrogens with zero attached hydrogens (tertiary/aromatic N) is 1. The quantitative estimate of drug-likeness (QED) is 0.629. The van der Waals surface area contributed by atoms with E-state index in [0.29, 0.717) is 24.5 Å². The molecule has 0 fully saturated rings. The van der Waals surface area contributed by atoms with E-state index in [4.69, 9.17) is 21.4 Å².